The summed E-state index contributed by atoms with van der Waals surface area (Å²) in [6.45, 7) is 0.902. The minimum atomic E-state index is -1.76. The maximum atomic E-state index is 14.5. The molecule has 2 amide bonds. The second-order valence-electron chi connectivity index (χ2n) is 7.31. The first-order valence-electron chi connectivity index (χ1n) is 9.71. The van der Waals surface area contributed by atoms with Crippen molar-refractivity contribution in [2.45, 2.75) is 24.9 Å². The van der Waals surface area contributed by atoms with Gasteiger partial charge in [0.1, 0.15) is 11.5 Å². The van der Waals surface area contributed by atoms with Gasteiger partial charge in [0.2, 0.25) is 5.60 Å². The Balaban J connectivity index is 1.94. The van der Waals surface area contributed by atoms with E-state index in [0.717, 1.165) is 0 Å². The van der Waals surface area contributed by atoms with Crippen LogP contribution in [-0.4, -0.2) is 64.7 Å². The zero-order valence-corrected chi connectivity index (χ0v) is 17.3. The molecule has 0 bridgehead atoms. The molecule has 8 nitrogen and oxygen atoms in total. The van der Waals surface area contributed by atoms with Crippen LogP contribution in [0.15, 0.2) is 24.4 Å². The second-order valence-corrected chi connectivity index (χ2v) is 7.31. The summed E-state index contributed by atoms with van der Waals surface area (Å²) in [5, 5.41) is 10.4. The predicted octanol–water partition coefficient (Wildman–Crippen LogP) is 0.905. The van der Waals surface area contributed by atoms with E-state index < -0.39 is 23.2 Å². The van der Waals surface area contributed by atoms with Crippen LogP contribution in [-0.2, 0) is 16.0 Å². The van der Waals surface area contributed by atoms with E-state index in [0.29, 0.717) is 37.1 Å². The number of methoxy groups -OCH3 is 1. The highest BCUT2D eigenvalue weighted by Crippen LogP contribution is 2.24. The summed E-state index contributed by atoms with van der Waals surface area (Å²) in [4.78, 5) is 33.7. The van der Waals surface area contributed by atoms with E-state index in [1.807, 2.05) is 0 Å². The third-order valence-corrected chi connectivity index (χ3v) is 5.02. The van der Waals surface area contributed by atoms with E-state index in [1.54, 1.807) is 14.2 Å². The highest BCUT2D eigenvalue weighted by Gasteiger charge is 2.42. The van der Waals surface area contributed by atoms with Crippen molar-refractivity contribution in [1.82, 2.24) is 14.9 Å². The number of aryl methyl sites for hydroxylation is 1. The maximum absolute atomic E-state index is 14.5. The molecule has 9 heteroatoms. The quantitative estimate of drug-likeness (QED) is 0.524. The number of nitrogens with zero attached hydrogens (tertiary/aromatic N) is 3. The second kappa shape index (κ2) is 9.20. The number of carbonyl (C=O) groups excluding carboxylic acids is 2. The van der Waals surface area contributed by atoms with Crippen molar-refractivity contribution in [3.05, 3.63) is 47.0 Å². The summed E-state index contributed by atoms with van der Waals surface area (Å²) in [6.07, 6.45) is 2.78. The Kier molecular flexibility index (Phi) is 6.63. The van der Waals surface area contributed by atoms with Crippen LogP contribution in [0.2, 0.25) is 0 Å². The van der Waals surface area contributed by atoms with Gasteiger partial charge in [0, 0.05) is 51.1 Å². The topological polar surface area (TPSA) is 119 Å². The van der Waals surface area contributed by atoms with E-state index in [4.69, 9.17) is 10.5 Å². The Bertz CT molecular complexity index is 1080. The zero-order valence-electron chi connectivity index (χ0n) is 17.3. The lowest BCUT2D eigenvalue weighted by Crippen LogP contribution is -2.37. The van der Waals surface area contributed by atoms with Gasteiger partial charge in [0.15, 0.2) is 5.82 Å². The Morgan fingerprint density at radius 3 is 2.87 bits per heavy atom. The van der Waals surface area contributed by atoms with Crippen LogP contribution in [0.5, 0.6) is 0 Å². The number of hydrogen-bond acceptors (Lipinski definition) is 6. The molecule has 1 fully saturated rings. The fourth-order valence-electron chi connectivity index (χ4n) is 3.26. The van der Waals surface area contributed by atoms with Gasteiger partial charge in [-0.15, -0.1) is 0 Å². The monoisotopic (exact) mass is 426 g/mol. The highest BCUT2D eigenvalue weighted by molar-refractivity contribution is 5.92. The van der Waals surface area contributed by atoms with Crippen molar-refractivity contribution in [3.63, 3.8) is 0 Å². The minimum absolute atomic E-state index is 0.0131. The smallest absolute Gasteiger partial charge is 0.267 e. The molecule has 31 heavy (non-hydrogen) atoms. The number of carbonyl (C=O) groups is 2. The fraction of sp³-hybridized carbons (Fsp3) is 0.364. The molecule has 0 unspecified atom stereocenters. The summed E-state index contributed by atoms with van der Waals surface area (Å²) >= 11 is 0. The fourth-order valence-corrected chi connectivity index (χ4v) is 3.26. The van der Waals surface area contributed by atoms with Gasteiger partial charge in [-0.2, -0.15) is 0 Å². The van der Waals surface area contributed by atoms with Crippen LogP contribution < -0.4 is 5.73 Å². The van der Waals surface area contributed by atoms with Crippen molar-refractivity contribution in [2.75, 3.05) is 27.3 Å². The van der Waals surface area contributed by atoms with Gasteiger partial charge in [-0.1, -0.05) is 11.8 Å². The molecule has 1 aromatic carbocycles. The van der Waals surface area contributed by atoms with Gasteiger partial charge in [0.05, 0.1) is 5.56 Å². The molecular weight excluding hydrogens is 403 g/mol. The Hall–Kier alpha value is -3.35. The standard InChI is InChI=1S/C22H23FN4O4/c1-27-10-9-22(30,21(27)29)8-7-14-5-6-17(23)16(12-14)20-25-13-15(4-3-11-31-2)18(26-20)19(24)28/h5-6,12-13,30H,3-4,9-11H2,1-2H3,(H2,24,28)/t22-/m0/s1. The molecule has 0 aliphatic carbocycles. The number of ether oxygens (including phenoxy) is 1. The van der Waals surface area contributed by atoms with Crippen LogP contribution in [0.25, 0.3) is 11.4 Å². The van der Waals surface area contributed by atoms with Crippen molar-refractivity contribution in [2.24, 2.45) is 5.73 Å². The molecule has 1 atom stereocenters. The summed E-state index contributed by atoms with van der Waals surface area (Å²) < 4.78 is 19.5. The summed E-state index contributed by atoms with van der Waals surface area (Å²) in [5.74, 6) is 3.48. The molecule has 1 saturated heterocycles. The van der Waals surface area contributed by atoms with Gasteiger partial charge in [0.25, 0.3) is 11.8 Å². The number of rotatable bonds is 6. The molecule has 1 aliphatic heterocycles. The first-order chi connectivity index (χ1) is 14.7. The largest absolute Gasteiger partial charge is 0.385 e. The van der Waals surface area contributed by atoms with Crippen LogP contribution >= 0.6 is 0 Å². The molecular formula is C22H23FN4O4. The maximum Gasteiger partial charge on any atom is 0.267 e. The normalized spacial score (nSPS) is 18.1. The van der Waals surface area contributed by atoms with E-state index in [1.165, 1.54) is 29.3 Å². The summed E-state index contributed by atoms with van der Waals surface area (Å²) in [6, 6.07) is 4.01. The Morgan fingerprint density at radius 1 is 1.45 bits per heavy atom. The number of benzene rings is 1. The SMILES string of the molecule is COCCCc1cnc(-c2cc(C#C[C@]3(O)CCN(C)C3=O)ccc2F)nc1C(N)=O. The van der Waals surface area contributed by atoms with E-state index >= 15 is 0 Å². The number of amides is 2. The minimum Gasteiger partial charge on any atom is -0.385 e. The van der Waals surface area contributed by atoms with E-state index in [2.05, 4.69) is 21.8 Å². The van der Waals surface area contributed by atoms with E-state index in [-0.39, 0.29) is 23.5 Å². The molecule has 0 spiro atoms. The third-order valence-electron chi connectivity index (χ3n) is 5.02. The molecule has 2 aromatic rings. The van der Waals surface area contributed by atoms with Gasteiger partial charge in [-0.25, -0.2) is 14.4 Å². The average Bonchev–Trinajstić information content (AvgIpc) is 3.01. The molecule has 0 saturated carbocycles. The van der Waals surface area contributed by atoms with Gasteiger partial charge < -0.3 is 20.5 Å². The average molecular weight is 426 g/mol. The molecule has 1 aromatic heterocycles. The van der Waals surface area contributed by atoms with Crippen LogP contribution in [0, 0.1) is 17.7 Å². The highest BCUT2D eigenvalue weighted by atomic mass is 19.1. The summed E-state index contributed by atoms with van der Waals surface area (Å²) in [7, 11) is 3.16. The lowest BCUT2D eigenvalue weighted by Gasteiger charge is -2.13. The van der Waals surface area contributed by atoms with Gasteiger partial charge in [-0.05, 0) is 31.0 Å². The Labute approximate surface area is 179 Å². The van der Waals surface area contributed by atoms with Crippen molar-refractivity contribution in [3.8, 4) is 23.2 Å². The molecule has 0 radical (unpaired) electrons. The van der Waals surface area contributed by atoms with Crippen LogP contribution in [0.3, 0.4) is 0 Å². The first-order valence-corrected chi connectivity index (χ1v) is 9.71. The van der Waals surface area contributed by atoms with E-state index in [9.17, 15) is 19.1 Å². The summed E-state index contributed by atoms with van der Waals surface area (Å²) in [5.41, 5.74) is 4.65. The van der Waals surface area contributed by atoms with Crippen LogP contribution in [0.1, 0.15) is 34.5 Å². The molecule has 3 N–H and O–H groups in total. The van der Waals surface area contributed by atoms with Gasteiger partial charge >= 0.3 is 0 Å². The number of aromatic nitrogens is 2. The zero-order chi connectivity index (χ0) is 22.6. The number of nitrogens with two attached hydrogens (primary N) is 1. The number of likely N-dealkylation sites (N-methyl/N-ethyl adjacent to an activating group) is 1. The number of halogens is 1. The van der Waals surface area contributed by atoms with Crippen molar-refractivity contribution >= 4 is 11.8 Å². The third kappa shape index (κ3) is 4.87. The lowest BCUT2D eigenvalue weighted by atomic mass is 10.0. The van der Waals surface area contributed by atoms with Gasteiger partial charge in [-0.3, -0.25) is 9.59 Å². The number of aliphatic hydroxyl groups is 1. The molecule has 162 valence electrons. The number of likely N-dealkylation sites (tertiary alicyclic amines) is 1. The van der Waals surface area contributed by atoms with Crippen molar-refractivity contribution < 1.29 is 23.8 Å². The molecule has 3 rings (SSSR count). The molecule has 1 aliphatic rings. The molecule has 2 heterocycles. The number of primary amides is 1. The lowest BCUT2D eigenvalue weighted by molar-refractivity contribution is -0.137. The Morgan fingerprint density at radius 2 is 2.23 bits per heavy atom. The first kappa shape index (κ1) is 22.3. The predicted molar refractivity (Wildman–Crippen MR) is 110 cm³/mol. The van der Waals surface area contributed by atoms with Crippen molar-refractivity contribution in [1.29, 1.82) is 0 Å². The van der Waals surface area contributed by atoms with Crippen LogP contribution in [0.4, 0.5) is 4.39 Å². The number of hydrogen-bond donors (Lipinski definition) is 2.